The molecule has 0 bridgehead atoms. The Bertz CT molecular complexity index is 476. The summed E-state index contributed by atoms with van der Waals surface area (Å²) in [5, 5.41) is 11.4. The van der Waals surface area contributed by atoms with Crippen molar-refractivity contribution in [2.45, 2.75) is 13.3 Å². The number of thiocarbonyl (C=S) groups is 1. The van der Waals surface area contributed by atoms with Gasteiger partial charge in [0.25, 0.3) is 5.91 Å². The average Bonchev–Trinajstić information content (AvgIpc) is 2.36. The molecule has 1 amide bonds. The highest BCUT2D eigenvalue weighted by atomic mass is 32.1. The minimum absolute atomic E-state index is 0.233. The molecule has 0 radical (unpaired) electrons. The van der Waals surface area contributed by atoms with E-state index < -0.39 is 0 Å². The van der Waals surface area contributed by atoms with Gasteiger partial charge in [0.05, 0.1) is 12.5 Å². The zero-order chi connectivity index (χ0) is 13.5. The predicted octanol–water partition coefficient (Wildman–Crippen LogP) is 1.86. The van der Waals surface area contributed by atoms with E-state index in [1.165, 1.54) is 0 Å². The van der Waals surface area contributed by atoms with Gasteiger partial charge < -0.3 is 4.90 Å². The van der Waals surface area contributed by atoms with E-state index in [0.29, 0.717) is 23.6 Å². The van der Waals surface area contributed by atoms with Crippen LogP contribution in [0.1, 0.15) is 22.3 Å². The molecular formula is C13H15N3OS. The highest BCUT2D eigenvalue weighted by Gasteiger charge is 2.10. The van der Waals surface area contributed by atoms with Gasteiger partial charge in [-0.25, -0.2) is 0 Å². The molecular weight excluding hydrogens is 246 g/mol. The Labute approximate surface area is 112 Å². The van der Waals surface area contributed by atoms with Crippen LogP contribution in [0, 0.1) is 18.3 Å². The molecule has 1 aromatic rings. The quantitative estimate of drug-likeness (QED) is 0.844. The van der Waals surface area contributed by atoms with Gasteiger partial charge in [-0.05, 0) is 31.3 Å². The van der Waals surface area contributed by atoms with Gasteiger partial charge in [0.15, 0.2) is 5.11 Å². The van der Waals surface area contributed by atoms with Gasteiger partial charge in [0.2, 0.25) is 0 Å². The van der Waals surface area contributed by atoms with Gasteiger partial charge in [-0.2, -0.15) is 5.26 Å². The van der Waals surface area contributed by atoms with Crippen molar-refractivity contribution >= 4 is 23.2 Å². The van der Waals surface area contributed by atoms with Gasteiger partial charge >= 0.3 is 0 Å². The van der Waals surface area contributed by atoms with Crippen molar-refractivity contribution in [2.24, 2.45) is 0 Å². The average molecular weight is 261 g/mol. The highest BCUT2D eigenvalue weighted by Crippen LogP contribution is 2.03. The van der Waals surface area contributed by atoms with Crippen LogP contribution >= 0.6 is 12.2 Å². The SMILES string of the molecule is Cc1ccc(C(=O)NC(=S)N(C)CCC#N)cc1. The maximum absolute atomic E-state index is 11.9. The maximum Gasteiger partial charge on any atom is 0.257 e. The van der Waals surface area contributed by atoms with Crippen LogP contribution in [-0.2, 0) is 0 Å². The molecule has 0 saturated heterocycles. The lowest BCUT2D eigenvalue weighted by Crippen LogP contribution is -2.40. The fourth-order valence-corrected chi connectivity index (χ4v) is 1.47. The minimum atomic E-state index is -0.233. The van der Waals surface area contributed by atoms with Gasteiger partial charge in [0.1, 0.15) is 0 Å². The molecule has 4 nitrogen and oxygen atoms in total. The number of rotatable bonds is 3. The summed E-state index contributed by atoms with van der Waals surface area (Å²) in [5.41, 5.74) is 1.66. The summed E-state index contributed by atoms with van der Waals surface area (Å²) >= 11 is 5.08. The lowest BCUT2D eigenvalue weighted by molar-refractivity contribution is 0.0974. The van der Waals surface area contributed by atoms with Crippen molar-refractivity contribution in [1.82, 2.24) is 10.2 Å². The predicted molar refractivity (Wildman–Crippen MR) is 74.1 cm³/mol. The van der Waals surface area contributed by atoms with Crippen LogP contribution in [0.3, 0.4) is 0 Å². The normalized spacial score (nSPS) is 9.39. The Kier molecular flexibility index (Phi) is 5.28. The van der Waals surface area contributed by atoms with Crippen LogP contribution in [0.5, 0.6) is 0 Å². The summed E-state index contributed by atoms with van der Waals surface area (Å²) in [6.07, 6.45) is 0.372. The first-order chi connectivity index (χ1) is 8.54. The second kappa shape index (κ2) is 6.72. The number of nitrogens with zero attached hydrogens (tertiary/aromatic N) is 2. The van der Waals surface area contributed by atoms with Gasteiger partial charge in [-0.1, -0.05) is 17.7 Å². The number of nitriles is 1. The standard InChI is InChI=1S/C13H15N3OS/c1-10-4-6-11(7-5-10)12(17)15-13(18)16(2)9-3-8-14/h4-7H,3,9H2,1-2H3,(H,15,17,18). The van der Waals surface area contributed by atoms with Gasteiger partial charge in [-0.15, -0.1) is 0 Å². The van der Waals surface area contributed by atoms with Crippen LogP contribution in [-0.4, -0.2) is 29.5 Å². The molecule has 18 heavy (non-hydrogen) atoms. The number of carbonyl (C=O) groups excluding carboxylic acids is 1. The molecule has 1 rings (SSSR count). The van der Waals surface area contributed by atoms with Crippen molar-refractivity contribution < 1.29 is 4.79 Å². The number of benzene rings is 1. The first-order valence-corrected chi connectivity index (χ1v) is 5.95. The largest absolute Gasteiger partial charge is 0.351 e. The van der Waals surface area contributed by atoms with Gasteiger partial charge in [0, 0.05) is 19.2 Å². The molecule has 0 aliphatic rings. The monoisotopic (exact) mass is 261 g/mol. The minimum Gasteiger partial charge on any atom is -0.351 e. The van der Waals surface area contributed by atoms with Crippen LogP contribution in [0.15, 0.2) is 24.3 Å². The van der Waals surface area contributed by atoms with Gasteiger partial charge in [-0.3, -0.25) is 10.1 Å². The van der Waals surface area contributed by atoms with Crippen molar-refractivity contribution in [3.8, 4) is 6.07 Å². The summed E-state index contributed by atoms with van der Waals surface area (Å²) in [7, 11) is 1.75. The molecule has 0 spiro atoms. The summed E-state index contributed by atoms with van der Waals surface area (Å²) in [6, 6.07) is 9.28. The smallest absolute Gasteiger partial charge is 0.257 e. The van der Waals surface area contributed by atoms with E-state index in [-0.39, 0.29) is 5.91 Å². The molecule has 0 unspecified atom stereocenters. The molecule has 0 aliphatic heterocycles. The molecule has 0 saturated carbocycles. The molecule has 5 heteroatoms. The second-order valence-electron chi connectivity index (χ2n) is 3.95. The second-order valence-corrected chi connectivity index (χ2v) is 4.34. The summed E-state index contributed by atoms with van der Waals surface area (Å²) in [6.45, 7) is 2.46. The number of hydrogen-bond acceptors (Lipinski definition) is 3. The Morgan fingerprint density at radius 3 is 2.61 bits per heavy atom. The Hall–Kier alpha value is -1.93. The number of amides is 1. The van der Waals surface area contributed by atoms with E-state index in [0.717, 1.165) is 5.56 Å². The van der Waals surface area contributed by atoms with E-state index in [1.54, 1.807) is 24.1 Å². The number of nitrogens with one attached hydrogen (secondary N) is 1. The molecule has 0 atom stereocenters. The lowest BCUT2D eigenvalue weighted by atomic mass is 10.1. The Balaban J connectivity index is 2.57. The third kappa shape index (κ3) is 4.15. The maximum atomic E-state index is 11.9. The third-order valence-electron chi connectivity index (χ3n) is 2.44. The number of carbonyl (C=O) groups is 1. The first kappa shape index (κ1) is 14.1. The van der Waals surface area contributed by atoms with E-state index in [1.807, 2.05) is 25.1 Å². The van der Waals surface area contributed by atoms with E-state index in [4.69, 9.17) is 17.5 Å². The first-order valence-electron chi connectivity index (χ1n) is 5.54. The molecule has 0 aliphatic carbocycles. The van der Waals surface area contributed by atoms with E-state index >= 15 is 0 Å². The number of hydrogen-bond donors (Lipinski definition) is 1. The molecule has 1 N–H and O–H groups in total. The topological polar surface area (TPSA) is 56.1 Å². The Morgan fingerprint density at radius 2 is 2.06 bits per heavy atom. The van der Waals surface area contributed by atoms with E-state index in [9.17, 15) is 4.79 Å². The van der Waals surface area contributed by atoms with Crippen molar-refractivity contribution in [3.63, 3.8) is 0 Å². The highest BCUT2D eigenvalue weighted by molar-refractivity contribution is 7.80. The number of aryl methyl sites for hydroxylation is 1. The van der Waals surface area contributed by atoms with Crippen molar-refractivity contribution in [1.29, 1.82) is 5.26 Å². The van der Waals surface area contributed by atoms with Crippen molar-refractivity contribution in [3.05, 3.63) is 35.4 Å². The summed E-state index contributed by atoms with van der Waals surface area (Å²) in [4.78, 5) is 13.5. The zero-order valence-corrected chi connectivity index (χ0v) is 11.3. The summed E-state index contributed by atoms with van der Waals surface area (Å²) in [5.74, 6) is -0.233. The van der Waals surface area contributed by atoms with Crippen LogP contribution in [0.25, 0.3) is 0 Å². The third-order valence-corrected chi connectivity index (χ3v) is 2.85. The molecule has 1 aromatic carbocycles. The fourth-order valence-electron chi connectivity index (χ4n) is 1.29. The molecule has 0 fully saturated rings. The summed E-state index contributed by atoms with van der Waals surface area (Å²) < 4.78 is 0. The van der Waals surface area contributed by atoms with E-state index in [2.05, 4.69) is 5.32 Å². The Morgan fingerprint density at radius 1 is 1.44 bits per heavy atom. The fraction of sp³-hybridized carbons (Fsp3) is 0.308. The molecule has 0 heterocycles. The van der Waals surface area contributed by atoms with Crippen LogP contribution in [0.2, 0.25) is 0 Å². The zero-order valence-electron chi connectivity index (χ0n) is 10.4. The molecule has 0 aromatic heterocycles. The molecule has 94 valence electrons. The van der Waals surface area contributed by atoms with Crippen LogP contribution < -0.4 is 5.32 Å². The lowest BCUT2D eigenvalue weighted by Gasteiger charge is -2.18. The van der Waals surface area contributed by atoms with Crippen LogP contribution in [0.4, 0.5) is 0 Å². The van der Waals surface area contributed by atoms with Crippen molar-refractivity contribution in [2.75, 3.05) is 13.6 Å².